The summed E-state index contributed by atoms with van der Waals surface area (Å²) in [7, 11) is -2.37. The van der Waals surface area contributed by atoms with Crippen LogP contribution >= 0.6 is 0 Å². The van der Waals surface area contributed by atoms with Gasteiger partial charge in [-0.3, -0.25) is 4.79 Å². The lowest BCUT2D eigenvalue weighted by atomic mass is 9.94. The molecule has 1 aliphatic rings. The molecule has 0 aliphatic carbocycles. The van der Waals surface area contributed by atoms with Crippen LogP contribution in [0.5, 0.6) is 0 Å². The second-order valence-corrected chi connectivity index (χ2v) is 9.63. The first-order chi connectivity index (χ1) is 14.5. The van der Waals surface area contributed by atoms with Gasteiger partial charge in [0, 0.05) is 38.7 Å². The van der Waals surface area contributed by atoms with Crippen LogP contribution in [-0.4, -0.2) is 53.2 Å². The Morgan fingerprint density at radius 2 is 1.94 bits per heavy atom. The van der Waals surface area contributed by atoms with Crippen molar-refractivity contribution in [3.8, 4) is 0 Å². The van der Waals surface area contributed by atoms with Crippen molar-refractivity contribution >= 4 is 15.9 Å². The molecule has 3 rings (SSSR count). The molecular weight excluding hydrogens is 433 g/mol. The van der Waals surface area contributed by atoms with E-state index >= 15 is 0 Å². The minimum Gasteiger partial charge on any atom is -0.346 e. The minimum absolute atomic E-state index is 0.0595. The molecule has 2 heterocycles. The molecule has 1 saturated heterocycles. The maximum absolute atomic E-state index is 14.2. The third-order valence-electron chi connectivity index (χ3n) is 5.36. The Bertz CT molecular complexity index is 1020. The van der Waals surface area contributed by atoms with Crippen LogP contribution in [0.15, 0.2) is 41.8 Å². The van der Waals surface area contributed by atoms with Crippen molar-refractivity contribution in [1.29, 1.82) is 0 Å². The van der Waals surface area contributed by atoms with Gasteiger partial charge in [-0.15, -0.1) is 0 Å². The van der Waals surface area contributed by atoms with Gasteiger partial charge in [-0.1, -0.05) is 25.5 Å². The van der Waals surface area contributed by atoms with E-state index in [-0.39, 0.29) is 24.5 Å². The number of amides is 1. The summed E-state index contributed by atoms with van der Waals surface area (Å²) in [6.07, 6.45) is 2.80. The number of benzene rings is 1. The Morgan fingerprint density at radius 1 is 1.26 bits per heavy atom. The quantitative estimate of drug-likeness (QED) is 0.659. The fraction of sp³-hybridized carbons (Fsp3) is 0.500. The number of nitrogens with zero attached hydrogens (tertiary/aromatic N) is 3. The Balaban J connectivity index is 1.87. The topological polar surface area (TPSA) is 84.3 Å². The molecule has 0 bridgehead atoms. The van der Waals surface area contributed by atoms with E-state index in [1.165, 1.54) is 41.4 Å². The number of imidazole rings is 1. The number of unbranched alkanes of at least 4 members (excludes halogenated alkanes) is 1. The van der Waals surface area contributed by atoms with Crippen molar-refractivity contribution in [3.05, 3.63) is 48.2 Å². The summed E-state index contributed by atoms with van der Waals surface area (Å²) in [4.78, 5) is 16.2. The number of halogens is 3. The van der Waals surface area contributed by atoms with E-state index < -0.39 is 46.1 Å². The van der Waals surface area contributed by atoms with Gasteiger partial charge in [-0.25, -0.2) is 17.8 Å². The average molecular weight is 459 g/mol. The molecule has 1 aromatic heterocycles. The van der Waals surface area contributed by atoms with E-state index in [1.807, 2.05) is 0 Å². The zero-order valence-electron chi connectivity index (χ0n) is 17.3. The lowest BCUT2D eigenvalue weighted by Crippen LogP contribution is -2.48. The number of hydrogen-bond donors (Lipinski definition) is 1. The molecule has 1 aliphatic heterocycles. The number of carbonyl (C=O) groups is 1. The normalized spacial score (nSPS) is 20.2. The summed E-state index contributed by atoms with van der Waals surface area (Å²) in [5, 5.41) is 2.16. The molecule has 0 unspecified atom stereocenters. The Labute approximate surface area is 179 Å². The van der Waals surface area contributed by atoms with Crippen molar-refractivity contribution in [3.63, 3.8) is 0 Å². The smallest absolute Gasteiger partial charge is 0.324 e. The monoisotopic (exact) mass is 458 g/mol. The van der Waals surface area contributed by atoms with Crippen LogP contribution in [0.3, 0.4) is 0 Å². The van der Waals surface area contributed by atoms with Gasteiger partial charge in [0.15, 0.2) is 5.03 Å². The number of aromatic nitrogens is 2. The molecule has 31 heavy (non-hydrogen) atoms. The van der Waals surface area contributed by atoms with Crippen molar-refractivity contribution in [2.75, 3.05) is 13.1 Å². The standard InChI is InChI=1S/C20H25F3N4O3S/c1-3-4-9-20(22,23)19(28)25-17-11-27(31(29,30)18-12-26(2)13-24-18)10-16(17)14-5-7-15(21)8-6-14/h5-8,12-13,16-17H,3-4,9-11H2,1-2H3,(H,25,28)/t16-,17+/m1/s1. The number of rotatable bonds is 8. The first kappa shape index (κ1) is 23.3. The third kappa shape index (κ3) is 5.09. The van der Waals surface area contributed by atoms with Gasteiger partial charge < -0.3 is 9.88 Å². The molecule has 0 saturated carbocycles. The summed E-state index contributed by atoms with van der Waals surface area (Å²) < 4.78 is 70.4. The van der Waals surface area contributed by atoms with Gasteiger partial charge in [0.2, 0.25) is 0 Å². The third-order valence-corrected chi connectivity index (χ3v) is 7.08. The fourth-order valence-corrected chi connectivity index (χ4v) is 5.06. The molecule has 0 radical (unpaired) electrons. The molecule has 1 N–H and O–H groups in total. The van der Waals surface area contributed by atoms with Gasteiger partial charge in [-0.2, -0.15) is 13.1 Å². The van der Waals surface area contributed by atoms with Gasteiger partial charge in [0.25, 0.3) is 15.9 Å². The van der Waals surface area contributed by atoms with E-state index in [2.05, 4.69) is 10.3 Å². The van der Waals surface area contributed by atoms with E-state index in [4.69, 9.17) is 0 Å². The maximum atomic E-state index is 14.2. The summed E-state index contributed by atoms with van der Waals surface area (Å²) >= 11 is 0. The summed E-state index contributed by atoms with van der Waals surface area (Å²) in [5.41, 5.74) is 0.544. The highest BCUT2D eigenvalue weighted by atomic mass is 32.2. The predicted octanol–water partition coefficient (Wildman–Crippen LogP) is 2.66. The van der Waals surface area contributed by atoms with Crippen molar-refractivity contribution in [2.24, 2.45) is 7.05 Å². The van der Waals surface area contributed by atoms with Crippen LogP contribution in [0.4, 0.5) is 13.2 Å². The second kappa shape index (κ2) is 8.99. The van der Waals surface area contributed by atoms with Crippen molar-refractivity contribution in [2.45, 2.75) is 49.1 Å². The van der Waals surface area contributed by atoms with Crippen LogP contribution in [0.2, 0.25) is 0 Å². The van der Waals surface area contributed by atoms with Gasteiger partial charge in [-0.05, 0) is 24.1 Å². The second-order valence-electron chi connectivity index (χ2n) is 7.75. The van der Waals surface area contributed by atoms with Crippen LogP contribution in [0, 0.1) is 5.82 Å². The molecule has 1 aromatic carbocycles. The zero-order chi connectivity index (χ0) is 22.8. The van der Waals surface area contributed by atoms with Crippen molar-refractivity contribution in [1.82, 2.24) is 19.2 Å². The highest BCUT2D eigenvalue weighted by molar-refractivity contribution is 7.89. The largest absolute Gasteiger partial charge is 0.346 e. The molecule has 7 nitrogen and oxygen atoms in total. The minimum atomic E-state index is -4.00. The zero-order valence-corrected chi connectivity index (χ0v) is 18.1. The van der Waals surface area contributed by atoms with E-state index in [9.17, 15) is 26.4 Å². The predicted molar refractivity (Wildman–Crippen MR) is 108 cm³/mol. The number of nitrogens with one attached hydrogen (secondary N) is 1. The Kier molecular flexibility index (Phi) is 6.75. The number of alkyl halides is 2. The Morgan fingerprint density at radius 3 is 2.52 bits per heavy atom. The van der Waals surface area contributed by atoms with E-state index in [0.717, 1.165) is 4.31 Å². The average Bonchev–Trinajstić information content (AvgIpc) is 3.34. The van der Waals surface area contributed by atoms with Crippen LogP contribution in [-0.2, 0) is 21.9 Å². The van der Waals surface area contributed by atoms with Gasteiger partial charge in [0.05, 0.1) is 12.4 Å². The first-order valence-electron chi connectivity index (χ1n) is 9.97. The van der Waals surface area contributed by atoms with Gasteiger partial charge in [0.1, 0.15) is 5.82 Å². The highest BCUT2D eigenvalue weighted by Crippen LogP contribution is 2.32. The molecule has 1 fully saturated rings. The first-order valence-corrected chi connectivity index (χ1v) is 11.4. The summed E-state index contributed by atoms with van der Waals surface area (Å²) in [6, 6.07) is 4.44. The maximum Gasteiger partial charge on any atom is 0.324 e. The fourth-order valence-electron chi connectivity index (χ4n) is 3.60. The molecule has 2 aromatic rings. The molecule has 0 spiro atoms. The lowest BCUT2D eigenvalue weighted by Gasteiger charge is -2.23. The summed E-state index contributed by atoms with van der Waals surface area (Å²) in [6.45, 7) is 1.49. The van der Waals surface area contributed by atoms with Crippen LogP contribution in [0.1, 0.15) is 37.7 Å². The molecule has 11 heteroatoms. The van der Waals surface area contributed by atoms with Crippen molar-refractivity contribution < 1.29 is 26.4 Å². The number of aryl methyl sites for hydroxylation is 1. The molecule has 170 valence electrons. The highest BCUT2D eigenvalue weighted by Gasteiger charge is 2.45. The van der Waals surface area contributed by atoms with Gasteiger partial charge >= 0.3 is 5.92 Å². The SMILES string of the molecule is CCCCC(F)(F)C(=O)N[C@H]1CN(S(=O)(=O)c2cn(C)cn2)C[C@@H]1c1ccc(F)cc1. The number of sulfonamides is 1. The van der Waals surface area contributed by atoms with E-state index in [1.54, 1.807) is 14.0 Å². The Hall–Kier alpha value is -2.40. The number of hydrogen-bond acceptors (Lipinski definition) is 4. The van der Waals surface area contributed by atoms with Crippen LogP contribution in [0.25, 0.3) is 0 Å². The number of carbonyl (C=O) groups excluding carboxylic acids is 1. The van der Waals surface area contributed by atoms with E-state index in [0.29, 0.717) is 12.0 Å². The lowest BCUT2D eigenvalue weighted by molar-refractivity contribution is -0.147. The molecule has 2 atom stereocenters. The molecule has 1 amide bonds. The summed E-state index contributed by atoms with van der Waals surface area (Å²) in [5.74, 6) is -6.09. The van der Waals surface area contributed by atoms with Crippen LogP contribution < -0.4 is 5.32 Å². The molecular formula is C20H25F3N4O3S.